The molecule has 6 rings (SSSR count). The highest BCUT2D eigenvalue weighted by Crippen LogP contribution is 2.45. The normalized spacial score (nSPS) is 16.3. The standard InChI is InChI=1S/C32H23FN2O5S/c1-2-39-23-12-7-9-20(17-23)29(36)27-28(19-8-6-13-24(16-19)40-22-10-4-3-5-11-22)35(31(38)30(27)37)32-34-25-15-14-21(33)18-26(25)41-32/h3-18,28,36H,2H2,1H3. The van der Waals surface area contributed by atoms with Crippen molar-refractivity contribution in [2.75, 3.05) is 11.5 Å². The molecule has 7 nitrogen and oxygen atoms in total. The minimum absolute atomic E-state index is 0.106. The summed E-state index contributed by atoms with van der Waals surface area (Å²) in [6.07, 6.45) is 0. The van der Waals surface area contributed by atoms with Crippen LogP contribution in [0.3, 0.4) is 0 Å². The second-order valence-corrected chi connectivity index (χ2v) is 10.2. The van der Waals surface area contributed by atoms with Gasteiger partial charge in [0.1, 0.15) is 28.8 Å². The summed E-state index contributed by atoms with van der Waals surface area (Å²) < 4.78 is 26.1. The SMILES string of the molecule is CCOc1cccc(C(O)=C2C(=O)C(=O)N(c3nc4ccc(F)cc4s3)C2c2cccc(Oc3ccccc3)c2)c1. The summed E-state index contributed by atoms with van der Waals surface area (Å²) in [4.78, 5) is 33.0. The molecular weight excluding hydrogens is 543 g/mol. The zero-order valence-corrected chi connectivity index (χ0v) is 22.6. The highest BCUT2D eigenvalue weighted by Gasteiger charge is 2.48. The van der Waals surface area contributed by atoms with Gasteiger partial charge in [0.25, 0.3) is 5.78 Å². The molecule has 0 saturated carbocycles. The maximum absolute atomic E-state index is 13.9. The first kappa shape index (κ1) is 26.2. The van der Waals surface area contributed by atoms with Crippen molar-refractivity contribution in [3.8, 4) is 17.2 Å². The zero-order chi connectivity index (χ0) is 28.5. The van der Waals surface area contributed by atoms with Crippen molar-refractivity contribution in [3.63, 3.8) is 0 Å². The lowest BCUT2D eigenvalue weighted by Gasteiger charge is -2.23. The Morgan fingerprint density at radius 2 is 1.68 bits per heavy atom. The topological polar surface area (TPSA) is 89.0 Å². The van der Waals surface area contributed by atoms with E-state index < -0.39 is 23.5 Å². The first-order chi connectivity index (χ1) is 19.9. The summed E-state index contributed by atoms with van der Waals surface area (Å²) >= 11 is 1.08. The molecule has 4 aromatic carbocycles. The lowest BCUT2D eigenvalue weighted by atomic mass is 9.95. The number of carbonyl (C=O) groups excluding carboxylic acids is 2. The van der Waals surface area contributed by atoms with Crippen molar-refractivity contribution >= 4 is 44.1 Å². The van der Waals surface area contributed by atoms with E-state index in [9.17, 15) is 19.1 Å². The first-order valence-electron chi connectivity index (χ1n) is 12.9. The van der Waals surface area contributed by atoms with Gasteiger partial charge in [0.05, 0.1) is 28.4 Å². The monoisotopic (exact) mass is 566 g/mol. The number of amides is 1. The van der Waals surface area contributed by atoms with Gasteiger partial charge in [-0.05, 0) is 67.1 Å². The van der Waals surface area contributed by atoms with Gasteiger partial charge in [-0.2, -0.15) is 0 Å². The van der Waals surface area contributed by atoms with Crippen LogP contribution in [0.5, 0.6) is 17.2 Å². The van der Waals surface area contributed by atoms with Crippen LogP contribution >= 0.6 is 11.3 Å². The molecule has 41 heavy (non-hydrogen) atoms. The number of hydrogen-bond acceptors (Lipinski definition) is 7. The van der Waals surface area contributed by atoms with Crippen LogP contribution in [0.1, 0.15) is 24.1 Å². The Kier molecular flexibility index (Phi) is 6.94. The number of anilines is 1. The smallest absolute Gasteiger partial charge is 0.301 e. The van der Waals surface area contributed by atoms with Crippen molar-refractivity contribution < 1.29 is 28.6 Å². The number of aliphatic hydroxyl groups excluding tert-OH is 1. The van der Waals surface area contributed by atoms with Crippen LogP contribution in [0.15, 0.2) is 103 Å². The van der Waals surface area contributed by atoms with Gasteiger partial charge < -0.3 is 14.6 Å². The van der Waals surface area contributed by atoms with Crippen LogP contribution < -0.4 is 14.4 Å². The molecule has 0 bridgehead atoms. The van der Waals surface area contributed by atoms with E-state index in [0.717, 1.165) is 11.3 Å². The quantitative estimate of drug-likeness (QED) is 0.127. The van der Waals surface area contributed by atoms with Crippen molar-refractivity contribution in [1.29, 1.82) is 0 Å². The van der Waals surface area contributed by atoms with Crippen LogP contribution in [-0.4, -0.2) is 28.4 Å². The molecule has 1 aliphatic heterocycles. The van der Waals surface area contributed by atoms with E-state index in [1.54, 1.807) is 48.5 Å². The molecule has 1 unspecified atom stereocenters. The number of rotatable bonds is 7. The number of para-hydroxylation sites is 1. The third-order valence-corrected chi connectivity index (χ3v) is 7.58. The fraction of sp³-hybridized carbons (Fsp3) is 0.0938. The Labute approximate surface area is 238 Å². The zero-order valence-electron chi connectivity index (χ0n) is 21.8. The van der Waals surface area contributed by atoms with E-state index in [1.165, 1.54) is 23.1 Å². The first-order valence-corrected chi connectivity index (χ1v) is 13.7. The molecule has 1 N–H and O–H groups in total. The summed E-state index contributed by atoms with van der Waals surface area (Å²) in [6.45, 7) is 2.26. The summed E-state index contributed by atoms with van der Waals surface area (Å²) in [6, 6.07) is 25.9. The van der Waals surface area contributed by atoms with Gasteiger partial charge >= 0.3 is 5.91 Å². The van der Waals surface area contributed by atoms with E-state index in [2.05, 4.69) is 4.98 Å². The molecule has 2 heterocycles. The molecule has 9 heteroatoms. The van der Waals surface area contributed by atoms with E-state index in [0.29, 0.717) is 45.2 Å². The Bertz CT molecular complexity index is 1820. The highest BCUT2D eigenvalue weighted by molar-refractivity contribution is 7.22. The molecule has 204 valence electrons. The van der Waals surface area contributed by atoms with Gasteiger partial charge in [0, 0.05) is 5.56 Å². The summed E-state index contributed by atoms with van der Waals surface area (Å²) in [7, 11) is 0. The number of Topliss-reactive ketones (excluding diaryl/α,β-unsaturated/α-hetero) is 1. The molecule has 1 saturated heterocycles. The molecule has 1 amide bonds. The predicted molar refractivity (Wildman–Crippen MR) is 155 cm³/mol. The number of aromatic nitrogens is 1. The fourth-order valence-electron chi connectivity index (χ4n) is 4.76. The summed E-state index contributed by atoms with van der Waals surface area (Å²) in [5.41, 5.74) is 1.22. The van der Waals surface area contributed by atoms with E-state index >= 15 is 0 Å². The Balaban J connectivity index is 1.52. The van der Waals surface area contributed by atoms with Crippen LogP contribution in [-0.2, 0) is 9.59 Å². The number of hydrogen-bond donors (Lipinski definition) is 1. The number of thiazole rings is 1. The fourth-order valence-corrected chi connectivity index (χ4v) is 5.78. The number of benzene rings is 4. The molecular formula is C32H23FN2O5S. The van der Waals surface area contributed by atoms with E-state index in [-0.39, 0.29) is 16.5 Å². The molecule has 0 spiro atoms. The number of aliphatic hydroxyl groups is 1. The maximum atomic E-state index is 13.9. The second kappa shape index (κ2) is 10.9. The average molecular weight is 567 g/mol. The summed E-state index contributed by atoms with van der Waals surface area (Å²) in [5.74, 6) is -0.914. The Morgan fingerprint density at radius 3 is 2.49 bits per heavy atom. The minimum Gasteiger partial charge on any atom is -0.507 e. The van der Waals surface area contributed by atoms with Gasteiger partial charge in [0.15, 0.2) is 5.13 Å². The molecule has 0 radical (unpaired) electrons. The molecule has 1 aliphatic rings. The largest absolute Gasteiger partial charge is 0.507 e. The predicted octanol–water partition coefficient (Wildman–Crippen LogP) is 7.25. The molecule has 0 aliphatic carbocycles. The number of nitrogens with zero attached hydrogens (tertiary/aromatic N) is 2. The van der Waals surface area contributed by atoms with Gasteiger partial charge in [-0.15, -0.1) is 0 Å². The van der Waals surface area contributed by atoms with Gasteiger partial charge in [-0.1, -0.05) is 53.8 Å². The van der Waals surface area contributed by atoms with Crippen LogP contribution in [0.2, 0.25) is 0 Å². The van der Waals surface area contributed by atoms with Crippen molar-refractivity contribution in [2.45, 2.75) is 13.0 Å². The minimum atomic E-state index is -1.03. The molecule has 1 atom stereocenters. The number of ketones is 1. The van der Waals surface area contributed by atoms with Crippen molar-refractivity contribution in [1.82, 2.24) is 4.98 Å². The molecule has 1 fully saturated rings. The van der Waals surface area contributed by atoms with Crippen molar-refractivity contribution in [3.05, 3.63) is 120 Å². The number of ether oxygens (including phenoxy) is 2. The van der Waals surface area contributed by atoms with Crippen LogP contribution in [0, 0.1) is 5.82 Å². The third kappa shape index (κ3) is 5.03. The number of halogens is 1. The molecule has 1 aromatic heterocycles. The van der Waals surface area contributed by atoms with Crippen molar-refractivity contribution in [2.24, 2.45) is 0 Å². The second-order valence-electron chi connectivity index (χ2n) is 9.23. The Morgan fingerprint density at radius 1 is 0.927 bits per heavy atom. The Hall–Kier alpha value is -5.02. The molecule has 5 aromatic rings. The maximum Gasteiger partial charge on any atom is 0.301 e. The number of carbonyl (C=O) groups is 2. The summed E-state index contributed by atoms with van der Waals surface area (Å²) in [5, 5.41) is 11.7. The van der Waals surface area contributed by atoms with E-state index in [4.69, 9.17) is 9.47 Å². The lowest BCUT2D eigenvalue weighted by Crippen LogP contribution is -2.29. The third-order valence-electron chi connectivity index (χ3n) is 6.56. The van der Waals surface area contributed by atoms with Gasteiger partial charge in [-0.3, -0.25) is 14.5 Å². The number of fused-ring (bicyclic) bond motifs is 1. The van der Waals surface area contributed by atoms with Crippen LogP contribution in [0.4, 0.5) is 9.52 Å². The van der Waals surface area contributed by atoms with Crippen LogP contribution in [0.25, 0.3) is 16.0 Å². The lowest BCUT2D eigenvalue weighted by molar-refractivity contribution is -0.132. The highest BCUT2D eigenvalue weighted by atomic mass is 32.1. The average Bonchev–Trinajstić information content (AvgIpc) is 3.51. The van der Waals surface area contributed by atoms with E-state index in [1.807, 2.05) is 37.3 Å². The van der Waals surface area contributed by atoms with Gasteiger partial charge in [0.2, 0.25) is 0 Å². The van der Waals surface area contributed by atoms with Gasteiger partial charge in [-0.25, -0.2) is 9.37 Å².